The lowest BCUT2D eigenvalue weighted by Crippen LogP contribution is -2.22. The molecule has 1 heterocycles. The number of ether oxygens (including phenoxy) is 1. The van der Waals surface area contributed by atoms with Gasteiger partial charge in [0.2, 0.25) is 0 Å². The van der Waals surface area contributed by atoms with Gasteiger partial charge in [-0.15, -0.1) is 0 Å². The summed E-state index contributed by atoms with van der Waals surface area (Å²) in [6.45, 7) is 2.16. The van der Waals surface area contributed by atoms with Crippen LogP contribution in [0.25, 0.3) is 0 Å². The predicted octanol–water partition coefficient (Wildman–Crippen LogP) is 2.33. The zero-order valence-corrected chi connectivity index (χ0v) is 11.7. The van der Waals surface area contributed by atoms with Crippen molar-refractivity contribution >= 4 is 11.9 Å². The number of rotatable bonds is 5. The van der Waals surface area contributed by atoms with E-state index in [1.165, 1.54) is 0 Å². The lowest BCUT2D eigenvalue weighted by atomic mass is 10.2. The molecule has 1 N–H and O–H groups in total. The Labute approximate surface area is 123 Å². The highest BCUT2D eigenvalue weighted by atomic mass is 16.5. The van der Waals surface area contributed by atoms with E-state index in [0.29, 0.717) is 24.3 Å². The molecule has 0 aliphatic rings. The molecule has 0 bridgehead atoms. The molecule has 0 saturated carbocycles. The highest BCUT2D eigenvalue weighted by Crippen LogP contribution is 2.13. The molecule has 5 nitrogen and oxygen atoms in total. The molecule has 1 aromatic carbocycles. The minimum atomic E-state index is -0.301. The second-order valence-electron chi connectivity index (χ2n) is 4.39. The van der Waals surface area contributed by atoms with Crippen LogP contribution < -0.4 is 10.1 Å². The van der Waals surface area contributed by atoms with E-state index in [-0.39, 0.29) is 11.9 Å². The molecule has 1 aromatic heterocycles. The summed E-state index contributed by atoms with van der Waals surface area (Å²) in [5, 5.41) is 2.81. The molecule has 0 unspecified atom stereocenters. The third kappa shape index (κ3) is 4.42. The zero-order valence-electron chi connectivity index (χ0n) is 11.7. The largest absolute Gasteiger partial charge is 0.427 e. The predicted molar refractivity (Wildman–Crippen MR) is 77.8 cm³/mol. The first-order valence-electron chi connectivity index (χ1n) is 6.67. The van der Waals surface area contributed by atoms with E-state index >= 15 is 0 Å². The molecule has 0 aliphatic carbocycles. The number of nitrogens with one attached hydrogen (secondary N) is 1. The molecule has 2 aromatic rings. The summed E-state index contributed by atoms with van der Waals surface area (Å²) in [7, 11) is 0. The van der Waals surface area contributed by atoms with Crippen molar-refractivity contribution in [1.29, 1.82) is 0 Å². The average Bonchev–Trinajstić information content (AvgIpc) is 2.54. The SMILES string of the molecule is CCC(=O)Oc1ccc(C(=O)NCc2ccncc2)cc1. The lowest BCUT2D eigenvalue weighted by molar-refractivity contribution is -0.134. The van der Waals surface area contributed by atoms with Crippen molar-refractivity contribution in [2.75, 3.05) is 0 Å². The first kappa shape index (κ1) is 14.7. The summed E-state index contributed by atoms with van der Waals surface area (Å²) < 4.78 is 5.05. The highest BCUT2D eigenvalue weighted by molar-refractivity contribution is 5.94. The molecule has 0 fully saturated rings. The molecular weight excluding hydrogens is 268 g/mol. The van der Waals surface area contributed by atoms with Gasteiger partial charge in [-0.1, -0.05) is 6.92 Å². The fourth-order valence-electron chi connectivity index (χ4n) is 1.66. The number of nitrogens with zero attached hydrogens (tertiary/aromatic N) is 1. The summed E-state index contributed by atoms with van der Waals surface area (Å²) in [4.78, 5) is 27.0. The molecular formula is C16H16N2O3. The Hall–Kier alpha value is -2.69. The van der Waals surface area contributed by atoms with E-state index in [1.54, 1.807) is 43.6 Å². The standard InChI is InChI=1S/C16H16N2O3/c1-2-15(19)21-14-5-3-13(4-6-14)16(20)18-11-12-7-9-17-10-8-12/h3-10H,2,11H2,1H3,(H,18,20). The van der Waals surface area contributed by atoms with Gasteiger partial charge in [-0.25, -0.2) is 0 Å². The van der Waals surface area contributed by atoms with Crippen LogP contribution in [0.5, 0.6) is 5.75 Å². The summed E-state index contributed by atoms with van der Waals surface area (Å²) in [6, 6.07) is 10.1. The Balaban J connectivity index is 1.92. The van der Waals surface area contributed by atoms with E-state index in [1.807, 2.05) is 12.1 Å². The van der Waals surface area contributed by atoms with Crippen LogP contribution in [0.4, 0.5) is 0 Å². The number of carbonyl (C=O) groups excluding carboxylic acids is 2. The highest BCUT2D eigenvalue weighted by Gasteiger charge is 2.07. The maximum absolute atomic E-state index is 12.0. The van der Waals surface area contributed by atoms with Gasteiger partial charge in [-0.2, -0.15) is 0 Å². The molecule has 2 rings (SSSR count). The van der Waals surface area contributed by atoms with Crippen molar-refractivity contribution < 1.29 is 14.3 Å². The third-order valence-corrected chi connectivity index (χ3v) is 2.84. The maximum atomic E-state index is 12.0. The monoisotopic (exact) mass is 284 g/mol. The molecule has 0 spiro atoms. The molecule has 0 aliphatic heterocycles. The van der Waals surface area contributed by atoms with Gasteiger partial charge in [0, 0.05) is 30.9 Å². The quantitative estimate of drug-likeness (QED) is 0.676. The number of hydrogen-bond donors (Lipinski definition) is 1. The average molecular weight is 284 g/mol. The van der Waals surface area contributed by atoms with Gasteiger partial charge in [0.15, 0.2) is 0 Å². The molecule has 108 valence electrons. The summed E-state index contributed by atoms with van der Waals surface area (Å²) in [6.07, 6.45) is 3.67. The number of carbonyl (C=O) groups is 2. The van der Waals surface area contributed by atoms with E-state index in [0.717, 1.165) is 5.56 Å². The normalized spacial score (nSPS) is 9.95. The molecule has 0 saturated heterocycles. The van der Waals surface area contributed by atoms with Gasteiger partial charge in [0.1, 0.15) is 5.75 Å². The van der Waals surface area contributed by atoms with Crippen LogP contribution in [0.1, 0.15) is 29.3 Å². The van der Waals surface area contributed by atoms with Crippen LogP contribution in [0.15, 0.2) is 48.8 Å². The first-order valence-corrected chi connectivity index (χ1v) is 6.67. The summed E-state index contributed by atoms with van der Waals surface area (Å²) in [5.41, 5.74) is 1.49. The van der Waals surface area contributed by atoms with Crippen LogP contribution in [0, 0.1) is 0 Å². The van der Waals surface area contributed by atoms with Crippen LogP contribution in [0.3, 0.4) is 0 Å². The van der Waals surface area contributed by atoms with Gasteiger partial charge < -0.3 is 10.1 Å². The lowest BCUT2D eigenvalue weighted by Gasteiger charge is -2.06. The molecule has 0 atom stereocenters. The smallest absolute Gasteiger partial charge is 0.310 e. The Kier molecular flexibility index (Phi) is 5.04. The van der Waals surface area contributed by atoms with E-state index in [2.05, 4.69) is 10.3 Å². The number of aromatic nitrogens is 1. The van der Waals surface area contributed by atoms with Crippen molar-refractivity contribution in [3.05, 3.63) is 59.9 Å². The van der Waals surface area contributed by atoms with E-state index in [4.69, 9.17) is 4.74 Å². The third-order valence-electron chi connectivity index (χ3n) is 2.84. The maximum Gasteiger partial charge on any atom is 0.310 e. The number of benzene rings is 1. The van der Waals surface area contributed by atoms with Crippen molar-refractivity contribution in [1.82, 2.24) is 10.3 Å². The van der Waals surface area contributed by atoms with Crippen molar-refractivity contribution in [3.63, 3.8) is 0 Å². The second-order valence-corrected chi connectivity index (χ2v) is 4.39. The fourth-order valence-corrected chi connectivity index (χ4v) is 1.66. The minimum Gasteiger partial charge on any atom is -0.427 e. The Morgan fingerprint density at radius 1 is 1.10 bits per heavy atom. The summed E-state index contributed by atoms with van der Waals surface area (Å²) >= 11 is 0. The van der Waals surface area contributed by atoms with Gasteiger partial charge in [0.25, 0.3) is 5.91 Å². The van der Waals surface area contributed by atoms with Crippen LogP contribution in [-0.4, -0.2) is 16.9 Å². The number of amides is 1. The Morgan fingerprint density at radius 2 is 1.76 bits per heavy atom. The molecule has 21 heavy (non-hydrogen) atoms. The van der Waals surface area contributed by atoms with Crippen LogP contribution in [-0.2, 0) is 11.3 Å². The van der Waals surface area contributed by atoms with Crippen molar-refractivity contribution in [2.24, 2.45) is 0 Å². The van der Waals surface area contributed by atoms with Gasteiger partial charge in [0.05, 0.1) is 0 Å². The van der Waals surface area contributed by atoms with Crippen LogP contribution in [0.2, 0.25) is 0 Å². The van der Waals surface area contributed by atoms with Gasteiger partial charge in [-0.3, -0.25) is 14.6 Å². The molecule has 5 heteroatoms. The van der Waals surface area contributed by atoms with Crippen molar-refractivity contribution in [3.8, 4) is 5.75 Å². The molecule has 1 amide bonds. The second kappa shape index (κ2) is 7.19. The Bertz CT molecular complexity index is 609. The number of pyridine rings is 1. The van der Waals surface area contributed by atoms with Crippen LogP contribution >= 0.6 is 0 Å². The fraction of sp³-hybridized carbons (Fsp3) is 0.188. The minimum absolute atomic E-state index is 0.180. The number of hydrogen-bond acceptors (Lipinski definition) is 4. The summed E-state index contributed by atoms with van der Waals surface area (Å²) in [5.74, 6) is -0.0439. The first-order chi connectivity index (χ1) is 10.2. The van der Waals surface area contributed by atoms with Gasteiger partial charge in [-0.05, 0) is 42.0 Å². The molecule has 0 radical (unpaired) electrons. The van der Waals surface area contributed by atoms with Gasteiger partial charge >= 0.3 is 5.97 Å². The van der Waals surface area contributed by atoms with E-state index in [9.17, 15) is 9.59 Å². The number of esters is 1. The Morgan fingerprint density at radius 3 is 2.38 bits per heavy atom. The topological polar surface area (TPSA) is 68.3 Å². The van der Waals surface area contributed by atoms with E-state index < -0.39 is 0 Å². The zero-order chi connectivity index (χ0) is 15.1. The van der Waals surface area contributed by atoms with Crippen molar-refractivity contribution in [2.45, 2.75) is 19.9 Å².